The van der Waals surface area contributed by atoms with Gasteiger partial charge in [0.05, 0.1) is 12.2 Å². The van der Waals surface area contributed by atoms with Crippen molar-refractivity contribution in [2.24, 2.45) is 0 Å². The SMILES string of the molecule is Cc1cc(OC(F)(F)F)cc2c1OC(C(F)(F)F)C(C(=O)OC(C)OC(=O)CCCO[N+](=O)[O-])=C2. The maximum Gasteiger partial charge on any atom is 0.573 e. The molecule has 35 heavy (non-hydrogen) atoms. The Morgan fingerprint density at radius 3 is 2.40 bits per heavy atom. The molecule has 0 fully saturated rings. The number of ether oxygens (including phenoxy) is 4. The van der Waals surface area contributed by atoms with E-state index in [1.807, 2.05) is 0 Å². The number of nitrogens with zero attached hydrogens (tertiary/aromatic N) is 1. The molecule has 1 heterocycles. The summed E-state index contributed by atoms with van der Waals surface area (Å²) in [6.07, 6.45) is -14.6. The van der Waals surface area contributed by atoms with Gasteiger partial charge in [0.1, 0.15) is 11.5 Å². The number of fused-ring (bicyclic) bond motifs is 1. The second-order valence-corrected chi connectivity index (χ2v) is 6.97. The first-order valence-corrected chi connectivity index (χ1v) is 9.60. The number of carbonyl (C=O) groups is 2. The van der Waals surface area contributed by atoms with Gasteiger partial charge in [-0.1, -0.05) is 0 Å². The molecule has 0 saturated carbocycles. The number of hydrogen-bond donors (Lipinski definition) is 0. The fraction of sp³-hybridized carbons (Fsp3) is 0.474. The van der Waals surface area contributed by atoms with Gasteiger partial charge in [-0.15, -0.1) is 23.3 Å². The first-order chi connectivity index (χ1) is 16.1. The Labute approximate surface area is 192 Å². The van der Waals surface area contributed by atoms with Crippen LogP contribution < -0.4 is 9.47 Å². The first kappa shape index (κ1) is 27.5. The van der Waals surface area contributed by atoms with Crippen LogP contribution in [0.4, 0.5) is 26.3 Å². The predicted octanol–water partition coefficient (Wildman–Crippen LogP) is 4.02. The number of benzene rings is 1. The van der Waals surface area contributed by atoms with Gasteiger partial charge >= 0.3 is 24.5 Å². The van der Waals surface area contributed by atoms with E-state index in [-0.39, 0.29) is 24.0 Å². The summed E-state index contributed by atoms with van der Waals surface area (Å²) < 4.78 is 96.4. The van der Waals surface area contributed by atoms with Gasteiger partial charge in [0.25, 0.3) is 5.09 Å². The van der Waals surface area contributed by atoms with Crippen LogP contribution in [0.25, 0.3) is 6.08 Å². The van der Waals surface area contributed by atoms with E-state index in [1.165, 1.54) is 6.92 Å². The number of halogens is 6. The summed E-state index contributed by atoms with van der Waals surface area (Å²) in [5.41, 5.74) is -1.55. The number of carbonyl (C=O) groups excluding carboxylic acids is 2. The van der Waals surface area contributed by atoms with E-state index in [0.717, 1.165) is 19.1 Å². The van der Waals surface area contributed by atoms with Crippen LogP contribution >= 0.6 is 0 Å². The molecule has 0 radical (unpaired) electrons. The molecule has 194 valence electrons. The molecule has 0 saturated heterocycles. The fourth-order valence-corrected chi connectivity index (χ4v) is 2.90. The third-order valence-electron chi connectivity index (χ3n) is 4.16. The molecule has 0 spiro atoms. The Morgan fingerprint density at radius 1 is 1.17 bits per heavy atom. The molecular weight excluding hydrogens is 500 g/mol. The summed E-state index contributed by atoms with van der Waals surface area (Å²) in [4.78, 5) is 38.1. The van der Waals surface area contributed by atoms with Crippen LogP contribution in [0, 0.1) is 17.0 Å². The summed E-state index contributed by atoms with van der Waals surface area (Å²) in [6, 6.07) is 1.54. The molecule has 0 bridgehead atoms. The molecule has 1 aliphatic heterocycles. The van der Waals surface area contributed by atoms with Crippen molar-refractivity contribution in [3.63, 3.8) is 0 Å². The number of aryl methyl sites for hydroxylation is 1. The monoisotopic (exact) mass is 517 g/mol. The van der Waals surface area contributed by atoms with E-state index in [4.69, 9.17) is 14.2 Å². The molecule has 0 amide bonds. The summed E-state index contributed by atoms with van der Waals surface area (Å²) in [5, 5.41) is 8.94. The van der Waals surface area contributed by atoms with Crippen LogP contribution in [-0.4, -0.2) is 48.6 Å². The van der Waals surface area contributed by atoms with E-state index >= 15 is 0 Å². The molecule has 16 heteroatoms. The first-order valence-electron chi connectivity index (χ1n) is 9.60. The zero-order chi connectivity index (χ0) is 26.6. The van der Waals surface area contributed by atoms with Crippen LogP contribution in [-0.2, 0) is 23.9 Å². The Hall–Kier alpha value is -3.72. The van der Waals surface area contributed by atoms with Crippen LogP contribution in [0.15, 0.2) is 17.7 Å². The lowest BCUT2D eigenvalue weighted by Gasteiger charge is -2.29. The molecule has 1 aromatic rings. The van der Waals surface area contributed by atoms with Crippen molar-refractivity contribution in [1.82, 2.24) is 0 Å². The topological polar surface area (TPSA) is 123 Å². The largest absolute Gasteiger partial charge is 0.573 e. The van der Waals surface area contributed by atoms with Gasteiger partial charge in [-0.2, -0.15) is 13.2 Å². The van der Waals surface area contributed by atoms with Crippen LogP contribution in [0.3, 0.4) is 0 Å². The highest BCUT2D eigenvalue weighted by atomic mass is 19.4. The number of alkyl halides is 6. The normalized spacial score (nSPS) is 16.2. The Kier molecular flexibility index (Phi) is 8.41. The highest BCUT2D eigenvalue weighted by molar-refractivity contribution is 5.96. The van der Waals surface area contributed by atoms with Crippen molar-refractivity contribution in [2.45, 2.75) is 51.6 Å². The predicted molar refractivity (Wildman–Crippen MR) is 100 cm³/mol. The summed E-state index contributed by atoms with van der Waals surface area (Å²) >= 11 is 0. The molecule has 1 aliphatic rings. The quantitative estimate of drug-likeness (QED) is 0.119. The van der Waals surface area contributed by atoms with E-state index in [1.54, 1.807) is 0 Å². The molecular formula is C19H17F6NO9. The van der Waals surface area contributed by atoms with Crippen molar-refractivity contribution in [3.05, 3.63) is 38.9 Å². The summed E-state index contributed by atoms with van der Waals surface area (Å²) in [5.74, 6) is -3.78. The van der Waals surface area contributed by atoms with Crippen molar-refractivity contribution in [1.29, 1.82) is 0 Å². The van der Waals surface area contributed by atoms with Crippen molar-refractivity contribution >= 4 is 18.0 Å². The maximum atomic E-state index is 13.6. The smallest absolute Gasteiger partial charge is 0.475 e. The molecule has 1 aromatic carbocycles. The lowest BCUT2D eigenvalue weighted by molar-refractivity contribution is -0.757. The second-order valence-electron chi connectivity index (χ2n) is 6.97. The van der Waals surface area contributed by atoms with Gasteiger partial charge in [0.15, 0.2) is 0 Å². The molecule has 2 atom stereocenters. The van der Waals surface area contributed by atoms with Crippen LogP contribution in [0.1, 0.15) is 30.9 Å². The zero-order valence-corrected chi connectivity index (χ0v) is 17.9. The van der Waals surface area contributed by atoms with Crippen molar-refractivity contribution in [3.8, 4) is 11.5 Å². The molecule has 2 unspecified atom stereocenters. The standard InChI is InChI=1S/C19H17F6NO9/c1-9-6-12(35-19(23,24)25)7-11-8-13(16(18(20,21)22)34-15(9)11)17(28)33-10(2)32-14(27)4-3-5-31-26(29)30/h6-8,10,16H,3-5H2,1-2H3. The average Bonchev–Trinajstić information content (AvgIpc) is 2.68. The zero-order valence-electron chi connectivity index (χ0n) is 17.9. The van der Waals surface area contributed by atoms with Gasteiger partial charge < -0.3 is 23.8 Å². The van der Waals surface area contributed by atoms with Gasteiger partial charge in [-0.25, -0.2) is 4.79 Å². The Bertz CT molecular complexity index is 1010. The fourth-order valence-electron chi connectivity index (χ4n) is 2.90. The van der Waals surface area contributed by atoms with Crippen LogP contribution in [0.2, 0.25) is 0 Å². The summed E-state index contributed by atoms with van der Waals surface area (Å²) in [6.45, 7) is 1.78. The lowest BCUT2D eigenvalue weighted by atomic mass is 9.99. The Balaban J connectivity index is 2.19. The number of rotatable bonds is 9. The third kappa shape index (κ3) is 8.22. The third-order valence-corrected chi connectivity index (χ3v) is 4.16. The van der Waals surface area contributed by atoms with Crippen molar-refractivity contribution in [2.75, 3.05) is 6.61 Å². The van der Waals surface area contributed by atoms with Crippen molar-refractivity contribution < 1.29 is 64.8 Å². The maximum absolute atomic E-state index is 13.6. The van der Waals surface area contributed by atoms with E-state index < -0.39 is 65.6 Å². The molecule has 0 aliphatic carbocycles. The lowest BCUT2D eigenvalue weighted by Crippen LogP contribution is -2.41. The van der Waals surface area contributed by atoms with Gasteiger partial charge in [-0.05, 0) is 37.1 Å². The van der Waals surface area contributed by atoms with E-state index in [9.17, 15) is 46.0 Å². The number of esters is 2. The second kappa shape index (κ2) is 10.7. The highest BCUT2D eigenvalue weighted by Crippen LogP contribution is 2.41. The molecule has 10 nitrogen and oxygen atoms in total. The van der Waals surface area contributed by atoms with E-state index in [2.05, 4.69) is 9.57 Å². The average molecular weight is 517 g/mol. The molecule has 2 rings (SSSR count). The highest BCUT2D eigenvalue weighted by Gasteiger charge is 2.49. The molecule has 0 aromatic heterocycles. The minimum atomic E-state index is -5.12. The van der Waals surface area contributed by atoms with Gasteiger partial charge in [0, 0.05) is 18.9 Å². The molecule has 0 N–H and O–H groups in total. The van der Waals surface area contributed by atoms with Gasteiger partial charge in [0.2, 0.25) is 12.4 Å². The summed E-state index contributed by atoms with van der Waals surface area (Å²) in [7, 11) is 0. The minimum absolute atomic E-state index is 0.122. The minimum Gasteiger partial charge on any atom is -0.475 e. The van der Waals surface area contributed by atoms with E-state index in [0.29, 0.717) is 6.08 Å². The van der Waals surface area contributed by atoms with Crippen LogP contribution in [0.5, 0.6) is 11.5 Å². The van der Waals surface area contributed by atoms with Gasteiger partial charge in [-0.3, -0.25) is 4.79 Å². The number of hydrogen-bond acceptors (Lipinski definition) is 9. The Morgan fingerprint density at radius 2 is 1.83 bits per heavy atom.